The van der Waals surface area contributed by atoms with Gasteiger partial charge in [0.05, 0.1) is 17.7 Å². The van der Waals surface area contributed by atoms with E-state index in [0.29, 0.717) is 13.2 Å². The van der Waals surface area contributed by atoms with Gasteiger partial charge < -0.3 is 15.4 Å². The van der Waals surface area contributed by atoms with Gasteiger partial charge in [-0.1, -0.05) is 17.7 Å². The first-order chi connectivity index (χ1) is 9.58. The summed E-state index contributed by atoms with van der Waals surface area (Å²) in [7, 11) is 0. The number of halogens is 2. The molecule has 1 aromatic rings. The lowest BCUT2D eigenvalue weighted by atomic mass is 9.95. The molecule has 2 rings (SSSR count). The molecule has 1 aromatic carbocycles. The van der Waals surface area contributed by atoms with Gasteiger partial charge >= 0.3 is 0 Å². The average Bonchev–Trinajstić information content (AvgIpc) is 2.65. The van der Waals surface area contributed by atoms with Crippen LogP contribution in [0.4, 0.5) is 4.39 Å². The molecule has 2 N–H and O–H groups in total. The van der Waals surface area contributed by atoms with Crippen molar-refractivity contribution in [3.05, 3.63) is 34.6 Å². The summed E-state index contributed by atoms with van der Waals surface area (Å²) < 4.78 is 19.1. The third-order valence-electron chi connectivity index (χ3n) is 3.30. The van der Waals surface area contributed by atoms with Gasteiger partial charge in [-0.3, -0.25) is 4.79 Å². The highest BCUT2D eigenvalue weighted by Gasteiger charge is 2.26. The highest BCUT2D eigenvalue weighted by atomic mass is 35.5. The molecule has 110 valence electrons. The molecule has 0 unspecified atom stereocenters. The van der Waals surface area contributed by atoms with E-state index >= 15 is 0 Å². The SMILES string of the molecule is CC(=O)NC[C@@H]1CNCCO[C@@H]1c1ccc(F)c(Cl)c1. The molecule has 0 bridgehead atoms. The van der Waals surface area contributed by atoms with Crippen molar-refractivity contribution >= 4 is 17.5 Å². The van der Waals surface area contributed by atoms with Crippen molar-refractivity contribution in [3.8, 4) is 0 Å². The van der Waals surface area contributed by atoms with Crippen LogP contribution in [0.1, 0.15) is 18.6 Å². The van der Waals surface area contributed by atoms with Crippen LogP contribution in [-0.2, 0) is 9.53 Å². The smallest absolute Gasteiger partial charge is 0.216 e. The topological polar surface area (TPSA) is 50.4 Å². The van der Waals surface area contributed by atoms with Crippen molar-refractivity contribution in [2.24, 2.45) is 5.92 Å². The van der Waals surface area contributed by atoms with Crippen molar-refractivity contribution in [3.63, 3.8) is 0 Å². The second-order valence-corrected chi connectivity index (χ2v) is 5.27. The maximum atomic E-state index is 13.3. The minimum Gasteiger partial charge on any atom is -0.372 e. The first kappa shape index (κ1) is 15.2. The number of amides is 1. The summed E-state index contributed by atoms with van der Waals surface area (Å²) in [5.41, 5.74) is 0.829. The van der Waals surface area contributed by atoms with Crippen molar-refractivity contribution in [1.29, 1.82) is 0 Å². The summed E-state index contributed by atoms with van der Waals surface area (Å²) in [5, 5.41) is 6.15. The van der Waals surface area contributed by atoms with Gasteiger partial charge in [-0.2, -0.15) is 0 Å². The third-order valence-corrected chi connectivity index (χ3v) is 3.59. The van der Waals surface area contributed by atoms with Crippen LogP contribution in [0.2, 0.25) is 5.02 Å². The quantitative estimate of drug-likeness (QED) is 0.896. The van der Waals surface area contributed by atoms with Gasteiger partial charge in [0, 0.05) is 32.5 Å². The van der Waals surface area contributed by atoms with Gasteiger partial charge in [0.15, 0.2) is 0 Å². The van der Waals surface area contributed by atoms with Crippen molar-refractivity contribution in [1.82, 2.24) is 10.6 Å². The van der Waals surface area contributed by atoms with Gasteiger partial charge in [0.25, 0.3) is 0 Å². The Bertz CT molecular complexity index is 484. The molecule has 1 amide bonds. The largest absolute Gasteiger partial charge is 0.372 e. The summed E-state index contributed by atoms with van der Waals surface area (Å²) in [6, 6.07) is 4.61. The Morgan fingerprint density at radius 3 is 3.10 bits per heavy atom. The van der Waals surface area contributed by atoms with E-state index in [2.05, 4.69) is 10.6 Å². The molecule has 4 nitrogen and oxygen atoms in total. The fraction of sp³-hybridized carbons (Fsp3) is 0.500. The Kier molecular flexibility index (Phi) is 5.34. The summed E-state index contributed by atoms with van der Waals surface area (Å²) in [6.07, 6.45) is -0.213. The molecule has 1 saturated heterocycles. The number of benzene rings is 1. The van der Waals surface area contributed by atoms with Crippen LogP contribution >= 0.6 is 11.6 Å². The zero-order valence-electron chi connectivity index (χ0n) is 11.3. The summed E-state index contributed by atoms with van der Waals surface area (Å²) in [6.45, 7) is 4.02. The van der Waals surface area contributed by atoms with Crippen LogP contribution in [0.5, 0.6) is 0 Å². The van der Waals surface area contributed by atoms with Crippen LogP contribution in [0.25, 0.3) is 0 Å². The average molecular weight is 301 g/mol. The van der Waals surface area contributed by atoms with Gasteiger partial charge in [0.1, 0.15) is 5.82 Å². The minimum atomic E-state index is -0.444. The highest BCUT2D eigenvalue weighted by Crippen LogP contribution is 2.29. The molecule has 1 fully saturated rings. The Morgan fingerprint density at radius 1 is 1.60 bits per heavy atom. The lowest BCUT2D eigenvalue weighted by Crippen LogP contribution is -2.35. The molecule has 1 heterocycles. The molecule has 2 atom stereocenters. The van der Waals surface area contributed by atoms with Crippen molar-refractivity contribution < 1.29 is 13.9 Å². The third kappa shape index (κ3) is 3.91. The van der Waals surface area contributed by atoms with Gasteiger partial charge in [-0.05, 0) is 17.7 Å². The molecule has 0 aliphatic carbocycles. The maximum absolute atomic E-state index is 13.3. The van der Waals surface area contributed by atoms with Gasteiger partial charge in [0.2, 0.25) is 5.91 Å². The monoisotopic (exact) mass is 300 g/mol. The Morgan fingerprint density at radius 2 is 2.40 bits per heavy atom. The molecule has 1 aliphatic heterocycles. The van der Waals surface area contributed by atoms with E-state index in [1.807, 2.05) is 0 Å². The number of hydrogen-bond donors (Lipinski definition) is 2. The molecule has 1 aliphatic rings. The van der Waals surface area contributed by atoms with Gasteiger partial charge in [-0.25, -0.2) is 4.39 Å². The van der Waals surface area contributed by atoms with Gasteiger partial charge in [-0.15, -0.1) is 0 Å². The number of carbonyl (C=O) groups is 1. The Balaban J connectivity index is 2.18. The zero-order valence-corrected chi connectivity index (χ0v) is 12.0. The summed E-state index contributed by atoms with van der Waals surface area (Å²) >= 11 is 5.83. The van der Waals surface area contributed by atoms with Crippen LogP contribution in [0.3, 0.4) is 0 Å². The fourth-order valence-electron chi connectivity index (χ4n) is 2.30. The molecular weight excluding hydrogens is 283 g/mol. The number of hydrogen-bond acceptors (Lipinski definition) is 3. The number of rotatable bonds is 3. The Hall–Kier alpha value is -1.17. The van der Waals surface area contributed by atoms with E-state index in [0.717, 1.165) is 18.7 Å². The maximum Gasteiger partial charge on any atom is 0.216 e. The Labute approximate surface area is 122 Å². The van der Waals surface area contributed by atoms with E-state index in [1.54, 1.807) is 12.1 Å². The number of nitrogens with one attached hydrogen (secondary N) is 2. The predicted molar refractivity (Wildman–Crippen MR) is 75.1 cm³/mol. The summed E-state index contributed by atoms with van der Waals surface area (Å²) in [4.78, 5) is 11.1. The highest BCUT2D eigenvalue weighted by molar-refractivity contribution is 6.30. The van der Waals surface area contributed by atoms with Crippen molar-refractivity contribution in [2.75, 3.05) is 26.2 Å². The van der Waals surface area contributed by atoms with E-state index < -0.39 is 5.82 Å². The minimum absolute atomic E-state index is 0.0722. The first-order valence-electron chi connectivity index (χ1n) is 6.59. The molecule has 20 heavy (non-hydrogen) atoms. The van der Waals surface area contributed by atoms with Crippen LogP contribution in [-0.4, -0.2) is 32.1 Å². The molecule has 0 radical (unpaired) electrons. The second-order valence-electron chi connectivity index (χ2n) is 4.87. The summed E-state index contributed by atoms with van der Waals surface area (Å²) in [5.74, 6) is -0.450. The van der Waals surface area contributed by atoms with Crippen LogP contribution in [0.15, 0.2) is 18.2 Å². The first-order valence-corrected chi connectivity index (χ1v) is 6.97. The molecule has 6 heteroatoms. The number of carbonyl (C=O) groups excluding carboxylic acids is 1. The van der Waals surface area contributed by atoms with Crippen LogP contribution in [0, 0.1) is 11.7 Å². The molecule has 0 spiro atoms. The lowest BCUT2D eigenvalue weighted by Gasteiger charge is -2.25. The second kappa shape index (κ2) is 7.02. The predicted octanol–water partition coefficient (Wildman–Crippen LogP) is 1.89. The van der Waals surface area contributed by atoms with Crippen molar-refractivity contribution in [2.45, 2.75) is 13.0 Å². The van der Waals surface area contributed by atoms with E-state index in [-0.39, 0.29) is 23.0 Å². The molecular formula is C14H18ClFN2O2. The lowest BCUT2D eigenvalue weighted by molar-refractivity contribution is -0.119. The fourth-order valence-corrected chi connectivity index (χ4v) is 2.49. The van der Waals surface area contributed by atoms with E-state index in [1.165, 1.54) is 13.0 Å². The van der Waals surface area contributed by atoms with E-state index in [9.17, 15) is 9.18 Å². The normalized spacial score (nSPS) is 23.1. The van der Waals surface area contributed by atoms with Crippen LogP contribution < -0.4 is 10.6 Å². The molecule has 0 saturated carbocycles. The standard InChI is InChI=1S/C14H18ClFN2O2/c1-9(19)18-8-11-7-17-4-5-20-14(11)10-2-3-13(16)12(15)6-10/h2-3,6,11,14,17H,4-5,7-8H2,1H3,(H,18,19)/t11-,14+/m0/s1. The van der Waals surface area contributed by atoms with E-state index in [4.69, 9.17) is 16.3 Å². The number of ether oxygens (including phenoxy) is 1. The zero-order chi connectivity index (χ0) is 14.5. The molecule has 0 aromatic heterocycles.